The molecule has 3 heteroatoms. The van der Waals surface area contributed by atoms with Gasteiger partial charge in [-0.25, -0.2) is 0 Å². The molecule has 3 aromatic carbocycles. The van der Waals surface area contributed by atoms with Gasteiger partial charge in [-0.2, -0.15) is 0 Å². The van der Waals surface area contributed by atoms with Crippen molar-refractivity contribution in [3.05, 3.63) is 85.1 Å². The molecule has 4 aromatic heterocycles. The Balaban J connectivity index is 1.66. The number of rotatable bonds is 1. The van der Waals surface area contributed by atoms with Gasteiger partial charge in [0, 0.05) is 33.1 Å². The SMILES string of the molecule is c1ccc2c(-c3cc4c5cccc6c7ccccc7n(c4s3)c65)nccc2c1. The molecule has 0 bridgehead atoms. The topological polar surface area (TPSA) is 17.3 Å². The molecule has 0 aliphatic heterocycles. The maximum absolute atomic E-state index is 4.75. The van der Waals surface area contributed by atoms with E-state index in [0.717, 1.165) is 5.69 Å². The Morgan fingerprint density at radius 2 is 1.43 bits per heavy atom. The molecule has 0 fully saturated rings. The van der Waals surface area contributed by atoms with Gasteiger partial charge in [-0.1, -0.05) is 60.7 Å². The number of benzene rings is 3. The highest BCUT2D eigenvalue weighted by atomic mass is 32.1. The van der Waals surface area contributed by atoms with Crippen molar-refractivity contribution >= 4 is 59.5 Å². The van der Waals surface area contributed by atoms with E-state index in [0.29, 0.717) is 0 Å². The second-order valence-electron chi connectivity index (χ2n) is 7.26. The molecule has 0 unspecified atom stereocenters. The Morgan fingerprint density at radius 3 is 2.36 bits per heavy atom. The monoisotopic (exact) mass is 374 g/mol. The van der Waals surface area contributed by atoms with Gasteiger partial charge in [0.25, 0.3) is 0 Å². The van der Waals surface area contributed by atoms with Crippen LogP contribution >= 0.6 is 11.3 Å². The Bertz CT molecular complexity index is 1660. The zero-order valence-corrected chi connectivity index (χ0v) is 15.7. The zero-order valence-electron chi connectivity index (χ0n) is 14.9. The van der Waals surface area contributed by atoms with Crippen LogP contribution in [0.5, 0.6) is 0 Å². The second kappa shape index (κ2) is 5.09. The van der Waals surface area contributed by atoms with Crippen molar-refractivity contribution in [1.82, 2.24) is 9.38 Å². The minimum absolute atomic E-state index is 1.07. The Kier molecular flexibility index (Phi) is 2.65. The molecule has 0 saturated carbocycles. The number of pyridine rings is 1. The Morgan fingerprint density at radius 1 is 0.679 bits per heavy atom. The molecule has 0 amide bonds. The lowest BCUT2D eigenvalue weighted by molar-refractivity contribution is 1.37. The molecule has 4 heterocycles. The molecule has 0 atom stereocenters. The molecule has 2 nitrogen and oxygen atoms in total. The summed E-state index contributed by atoms with van der Waals surface area (Å²) in [4.78, 5) is 7.27. The van der Waals surface area contributed by atoms with E-state index in [9.17, 15) is 0 Å². The number of aromatic nitrogens is 2. The van der Waals surface area contributed by atoms with Gasteiger partial charge >= 0.3 is 0 Å². The number of fused-ring (bicyclic) bond motifs is 7. The summed E-state index contributed by atoms with van der Waals surface area (Å²) in [5.41, 5.74) is 3.69. The fourth-order valence-corrected chi connectivity index (χ4v) is 5.82. The lowest BCUT2D eigenvalue weighted by atomic mass is 10.1. The number of para-hydroxylation sites is 2. The van der Waals surface area contributed by atoms with Crippen molar-refractivity contribution < 1.29 is 0 Å². The molecule has 0 radical (unpaired) electrons. The van der Waals surface area contributed by atoms with Gasteiger partial charge in [-0.15, -0.1) is 11.3 Å². The van der Waals surface area contributed by atoms with Crippen LogP contribution in [-0.2, 0) is 0 Å². The zero-order chi connectivity index (χ0) is 18.2. The molecule has 0 spiro atoms. The largest absolute Gasteiger partial charge is 0.299 e. The molecule has 0 saturated heterocycles. The average molecular weight is 374 g/mol. The van der Waals surface area contributed by atoms with E-state index in [1.807, 2.05) is 17.5 Å². The van der Waals surface area contributed by atoms with Crippen LogP contribution in [-0.4, -0.2) is 9.38 Å². The van der Waals surface area contributed by atoms with E-state index in [4.69, 9.17) is 4.98 Å². The van der Waals surface area contributed by atoms with Crippen molar-refractivity contribution in [2.45, 2.75) is 0 Å². The standard InChI is InChI=1S/C25H14N2S/c1-2-7-16-15(6-1)12-13-26-23(16)22-14-20-19-10-5-9-18-17-8-3-4-11-21(17)27(24(18)19)25(20)28-22/h1-14H. The van der Waals surface area contributed by atoms with E-state index in [1.165, 1.54) is 53.1 Å². The number of hydrogen-bond acceptors (Lipinski definition) is 2. The predicted molar refractivity (Wildman–Crippen MR) is 120 cm³/mol. The highest BCUT2D eigenvalue weighted by Crippen LogP contribution is 2.44. The van der Waals surface area contributed by atoms with Crippen LogP contribution in [0.15, 0.2) is 85.1 Å². The Labute approximate surface area is 164 Å². The van der Waals surface area contributed by atoms with Crippen LogP contribution in [0.4, 0.5) is 0 Å². The summed E-state index contributed by atoms with van der Waals surface area (Å²) in [6.45, 7) is 0. The third kappa shape index (κ3) is 1.70. The highest BCUT2D eigenvalue weighted by Gasteiger charge is 2.20. The maximum Gasteiger partial charge on any atom is 0.109 e. The summed E-state index contributed by atoms with van der Waals surface area (Å²) in [7, 11) is 0. The summed E-state index contributed by atoms with van der Waals surface area (Å²) in [6.07, 6.45) is 1.92. The van der Waals surface area contributed by atoms with E-state index >= 15 is 0 Å². The van der Waals surface area contributed by atoms with Crippen molar-refractivity contribution in [2.24, 2.45) is 0 Å². The van der Waals surface area contributed by atoms with Gasteiger partial charge in [0.05, 0.1) is 21.6 Å². The third-order valence-electron chi connectivity index (χ3n) is 5.81. The van der Waals surface area contributed by atoms with Gasteiger partial charge in [-0.3, -0.25) is 9.38 Å². The first-order chi connectivity index (χ1) is 13.9. The van der Waals surface area contributed by atoms with Gasteiger partial charge < -0.3 is 0 Å². The summed E-state index contributed by atoms with van der Waals surface area (Å²) in [5, 5.41) is 7.74. The normalized spacial score (nSPS) is 12.3. The molecule has 7 aromatic rings. The number of thiophene rings is 1. The quantitative estimate of drug-likeness (QED) is 0.299. The van der Waals surface area contributed by atoms with E-state index in [-0.39, 0.29) is 0 Å². The van der Waals surface area contributed by atoms with Gasteiger partial charge in [0.1, 0.15) is 4.83 Å². The van der Waals surface area contributed by atoms with Crippen molar-refractivity contribution in [3.63, 3.8) is 0 Å². The first kappa shape index (κ1) is 14.6. The summed E-state index contributed by atoms with van der Waals surface area (Å²) in [5.74, 6) is 0. The molecule has 7 rings (SSSR count). The van der Waals surface area contributed by atoms with E-state index in [2.05, 4.69) is 83.3 Å². The van der Waals surface area contributed by atoms with Crippen LogP contribution in [0.25, 0.3) is 58.8 Å². The Hall–Kier alpha value is -3.43. The van der Waals surface area contributed by atoms with Crippen molar-refractivity contribution in [2.75, 3.05) is 0 Å². The molecule has 0 aliphatic carbocycles. The third-order valence-corrected chi connectivity index (χ3v) is 6.93. The molecule has 0 aliphatic rings. The lowest BCUT2D eigenvalue weighted by Gasteiger charge is -2.02. The minimum atomic E-state index is 1.07. The average Bonchev–Trinajstić information content (AvgIpc) is 3.40. The highest BCUT2D eigenvalue weighted by molar-refractivity contribution is 7.22. The van der Waals surface area contributed by atoms with Gasteiger partial charge in [0.2, 0.25) is 0 Å². The minimum Gasteiger partial charge on any atom is -0.299 e. The smallest absolute Gasteiger partial charge is 0.109 e. The summed E-state index contributed by atoms with van der Waals surface area (Å²) in [6, 6.07) is 28.3. The number of nitrogens with zero attached hydrogens (tertiary/aromatic N) is 2. The van der Waals surface area contributed by atoms with Crippen LogP contribution < -0.4 is 0 Å². The summed E-state index contributed by atoms with van der Waals surface area (Å²) < 4.78 is 2.44. The fraction of sp³-hybridized carbons (Fsp3) is 0. The molecular formula is C25H14N2S. The van der Waals surface area contributed by atoms with Crippen LogP contribution in [0, 0.1) is 0 Å². The van der Waals surface area contributed by atoms with E-state index < -0.39 is 0 Å². The molecule has 28 heavy (non-hydrogen) atoms. The van der Waals surface area contributed by atoms with Gasteiger partial charge in [0.15, 0.2) is 0 Å². The van der Waals surface area contributed by atoms with Crippen molar-refractivity contribution in [1.29, 1.82) is 0 Å². The molecule has 130 valence electrons. The first-order valence-electron chi connectivity index (χ1n) is 9.41. The van der Waals surface area contributed by atoms with E-state index in [1.54, 1.807) is 0 Å². The molecular weight excluding hydrogens is 360 g/mol. The molecule has 0 N–H and O–H groups in total. The summed E-state index contributed by atoms with van der Waals surface area (Å²) >= 11 is 1.84. The van der Waals surface area contributed by atoms with Crippen molar-refractivity contribution in [3.8, 4) is 10.6 Å². The predicted octanol–water partition coefficient (Wildman–Crippen LogP) is 7.11. The lowest BCUT2D eigenvalue weighted by Crippen LogP contribution is -1.82. The number of hydrogen-bond donors (Lipinski definition) is 0. The van der Waals surface area contributed by atoms with Crippen LogP contribution in [0.1, 0.15) is 0 Å². The van der Waals surface area contributed by atoms with Gasteiger partial charge in [-0.05, 0) is 23.6 Å². The van der Waals surface area contributed by atoms with Crippen LogP contribution in [0.3, 0.4) is 0 Å². The fourth-order valence-electron chi connectivity index (χ4n) is 4.62. The first-order valence-corrected chi connectivity index (χ1v) is 10.2. The maximum atomic E-state index is 4.75. The van der Waals surface area contributed by atoms with Crippen LogP contribution in [0.2, 0.25) is 0 Å². The second-order valence-corrected chi connectivity index (χ2v) is 8.30.